The standard InChI is InChI=1S/C19H20ClFN2O2/c20-15-10-14(21)8-9-17(15)25-18(13-4-2-1-3-5-13)19(24)23-16(11-22)12-6-7-12/h1-5,8-10,12,16,18H,6-7,11,22H2,(H,23,24). The van der Waals surface area contributed by atoms with Gasteiger partial charge in [-0.05, 0) is 37.0 Å². The lowest BCUT2D eigenvalue weighted by atomic mass is 10.1. The smallest absolute Gasteiger partial charge is 0.266 e. The molecule has 0 spiro atoms. The van der Waals surface area contributed by atoms with Crippen LogP contribution in [0.15, 0.2) is 48.5 Å². The van der Waals surface area contributed by atoms with Crippen molar-refractivity contribution in [1.82, 2.24) is 5.32 Å². The van der Waals surface area contributed by atoms with Crippen LogP contribution < -0.4 is 15.8 Å². The fraction of sp³-hybridized carbons (Fsp3) is 0.316. The van der Waals surface area contributed by atoms with E-state index in [1.54, 1.807) is 12.1 Å². The minimum absolute atomic E-state index is 0.0639. The zero-order valence-electron chi connectivity index (χ0n) is 13.6. The highest BCUT2D eigenvalue weighted by Crippen LogP contribution is 2.33. The van der Waals surface area contributed by atoms with Gasteiger partial charge in [0, 0.05) is 18.2 Å². The van der Waals surface area contributed by atoms with Gasteiger partial charge in [0.05, 0.1) is 5.02 Å². The van der Waals surface area contributed by atoms with E-state index in [-0.39, 0.29) is 22.7 Å². The SMILES string of the molecule is NCC(NC(=O)C(Oc1ccc(F)cc1Cl)c1ccccc1)C1CC1. The van der Waals surface area contributed by atoms with Crippen LogP contribution in [-0.2, 0) is 4.79 Å². The number of carbonyl (C=O) groups excluding carboxylic acids is 1. The molecule has 25 heavy (non-hydrogen) atoms. The van der Waals surface area contributed by atoms with E-state index < -0.39 is 11.9 Å². The van der Waals surface area contributed by atoms with Crippen molar-refractivity contribution in [1.29, 1.82) is 0 Å². The van der Waals surface area contributed by atoms with Crippen molar-refractivity contribution in [2.24, 2.45) is 11.7 Å². The fourth-order valence-corrected chi connectivity index (χ4v) is 2.94. The molecule has 0 aromatic heterocycles. The predicted molar refractivity (Wildman–Crippen MR) is 94.9 cm³/mol. The Morgan fingerprint density at radius 3 is 2.60 bits per heavy atom. The van der Waals surface area contributed by atoms with Crippen molar-refractivity contribution < 1.29 is 13.9 Å². The largest absolute Gasteiger partial charge is 0.474 e. The number of hydrogen-bond acceptors (Lipinski definition) is 3. The molecule has 4 nitrogen and oxygen atoms in total. The molecule has 1 aliphatic carbocycles. The summed E-state index contributed by atoms with van der Waals surface area (Å²) in [4.78, 5) is 12.8. The van der Waals surface area contributed by atoms with E-state index in [0.29, 0.717) is 18.0 Å². The van der Waals surface area contributed by atoms with E-state index in [1.165, 1.54) is 12.1 Å². The Balaban J connectivity index is 1.83. The summed E-state index contributed by atoms with van der Waals surface area (Å²) in [5.74, 6) is -0.0634. The Morgan fingerprint density at radius 1 is 1.28 bits per heavy atom. The first kappa shape index (κ1) is 17.7. The molecule has 0 radical (unpaired) electrons. The van der Waals surface area contributed by atoms with Crippen LogP contribution in [-0.4, -0.2) is 18.5 Å². The number of nitrogens with two attached hydrogens (primary N) is 1. The molecule has 1 saturated carbocycles. The van der Waals surface area contributed by atoms with Crippen molar-refractivity contribution in [3.05, 3.63) is 64.9 Å². The van der Waals surface area contributed by atoms with Crippen LogP contribution in [0, 0.1) is 11.7 Å². The molecule has 2 aromatic carbocycles. The van der Waals surface area contributed by atoms with Gasteiger partial charge in [0.1, 0.15) is 11.6 Å². The van der Waals surface area contributed by atoms with Gasteiger partial charge in [-0.3, -0.25) is 4.79 Å². The highest BCUT2D eigenvalue weighted by molar-refractivity contribution is 6.32. The number of nitrogens with one attached hydrogen (secondary N) is 1. The first-order valence-electron chi connectivity index (χ1n) is 8.25. The number of carbonyl (C=O) groups is 1. The molecule has 0 heterocycles. The van der Waals surface area contributed by atoms with Crippen molar-refractivity contribution in [2.75, 3.05) is 6.54 Å². The first-order chi connectivity index (χ1) is 12.1. The number of ether oxygens (including phenoxy) is 1. The molecule has 1 fully saturated rings. The molecule has 0 saturated heterocycles. The minimum atomic E-state index is -0.892. The summed E-state index contributed by atoms with van der Waals surface area (Å²) in [7, 11) is 0. The summed E-state index contributed by atoms with van der Waals surface area (Å²) < 4.78 is 19.1. The topological polar surface area (TPSA) is 64.3 Å². The van der Waals surface area contributed by atoms with Gasteiger partial charge in [0.15, 0.2) is 0 Å². The normalized spacial score (nSPS) is 16.1. The third-order valence-electron chi connectivity index (χ3n) is 4.25. The molecule has 1 amide bonds. The summed E-state index contributed by atoms with van der Waals surface area (Å²) in [5.41, 5.74) is 6.46. The zero-order valence-corrected chi connectivity index (χ0v) is 14.4. The summed E-state index contributed by atoms with van der Waals surface area (Å²) >= 11 is 6.04. The molecule has 0 aliphatic heterocycles. The summed E-state index contributed by atoms with van der Waals surface area (Å²) in [6, 6.07) is 12.9. The van der Waals surface area contributed by atoms with Gasteiger partial charge in [-0.1, -0.05) is 41.9 Å². The van der Waals surface area contributed by atoms with Crippen LogP contribution in [0.2, 0.25) is 5.02 Å². The van der Waals surface area contributed by atoms with E-state index in [0.717, 1.165) is 18.9 Å². The number of hydrogen-bond donors (Lipinski definition) is 2. The summed E-state index contributed by atoms with van der Waals surface area (Å²) in [6.45, 7) is 0.384. The van der Waals surface area contributed by atoms with Crippen LogP contribution >= 0.6 is 11.6 Å². The predicted octanol–water partition coefficient (Wildman–Crippen LogP) is 3.45. The first-order valence-corrected chi connectivity index (χ1v) is 8.63. The summed E-state index contributed by atoms with van der Waals surface area (Å²) in [6.07, 6.45) is 1.25. The third kappa shape index (κ3) is 4.50. The molecular formula is C19H20ClFN2O2. The van der Waals surface area contributed by atoms with Gasteiger partial charge < -0.3 is 15.8 Å². The minimum Gasteiger partial charge on any atom is -0.474 e. The van der Waals surface area contributed by atoms with Crippen LogP contribution in [0.25, 0.3) is 0 Å². The van der Waals surface area contributed by atoms with Gasteiger partial charge in [-0.2, -0.15) is 0 Å². The number of benzene rings is 2. The van der Waals surface area contributed by atoms with Gasteiger partial charge in [0.25, 0.3) is 5.91 Å². The molecule has 2 atom stereocenters. The summed E-state index contributed by atoms with van der Waals surface area (Å²) in [5, 5.41) is 3.09. The number of halogens is 2. The van der Waals surface area contributed by atoms with E-state index in [1.807, 2.05) is 18.2 Å². The van der Waals surface area contributed by atoms with Gasteiger partial charge in [-0.25, -0.2) is 4.39 Å². The van der Waals surface area contributed by atoms with Crippen LogP contribution in [0.3, 0.4) is 0 Å². The molecule has 0 bridgehead atoms. The van der Waals surface area contributed by atoms with Crippen molar-refractivity contribution in [3.63, 3.8) is 0 Å². The monoisotopic (exact) mass is 362 g/mol. The quantitative estimate of drug-likeness (QED) is 0.792. The molecule has 2 aromatic rings. The Morgan fingerprint density at radius 2 is 2.00 bits per heavy atom. The van der Waals surface area contributed by atoms with Crippen molar-refractivity contribution >= 4 is 17.5 Å². The Labute approximate surface area is 151 Å². The molecule has 1 aliphatic rings. The molecule has 132 valence electrons. The Bertz CT molecular complexity index is 737. The van der Waals surface area contributed by atoms with E-state index in [2.05, 4.69) is 5.32 Å². The lowest BCUT2D eigenvalue weighted by Gasteiger charge is -2.23. The number of amides is 1. The van der Waals surface area contributed by atoms with Crippen LogP contribution in [0.1, 0.15) is 24.5 Å². The van der Waals surface area contributed by atoms with Gasteiger partial charge >= 0.3 is 0 Å². The maximum absolute atomic E-state index is 13.2. The Hall–Kier alpha value is -2.11. The van der Waals surface area contributed by atoms with Gasteiger partial charge in [0.2, 0.25) is 6.10 Å². The van der Waals surface area contributed by atoms with E-state index >= 15 is 0 Å². The van der Waals surface area contributed by atoms with Crippen molar-refractivity contribution in [3.8, 4) is 5.75 Å². The molecular weight excluding hydrogens is 343 g/mol. The number of rotatable bonds is 7. The third-order valence-corrected chi connectivity index (χ3v) is 4.55. The highest BCUT2D eigenvalue weighted by atomic mass is 35.5. The fourth-order valence-electron chi connectivity index (χ4n) is 2.72. The van der Waals surface area contributed by atoms with Crippen LogP contribution in [0.5, 0.6) is 5.75 Å². The highest BCUT2D eigenvalue weighted by Gasteiger charge is 2.34. The average molecular weight is 363 g/mol. The average Bonchev–Trinajstić information content (AvgIpc) is 3.44. The van der Waals surface area contributed by atoms with E-state index in [4.69, 9.17) is 22.1 Å². The maximum Gasteiger partial charge on any atom is 0.266 e. The zero-order chi connectivity index (χ0) is 17.8. The van der Waals surface area contributed by atoms with E-state index in [9.17, 15) is 9.18 Å². The van der Waals surface area contributed by atoms with Gasteiger partial charge in [-0.15, -0.1) is 0 Å². The second-order valence-electron chi connectivity index (χ2n) is 6.17. The molecule has 6 heteroatoms. The van der Waals surface area contributed by atoms with Crippen LogP contribution in [0.4, 0.5) is 4.39 Å². The second kappa shape index (κ2) is 7.85. The molecule has 3 rings (SSSR count). The molecule has 2 unspecified atom stereocenters. The second-order valence-corrected chi connectivity index (χ2v) is 6.58. The Kier molecular flexibility index (Phi) is 5.56. The van der Waals surface area contributed by atoms with Crippen molar-refractivity contribution in [2.45, 2.75) is 25.0 Å². The molecule has 3 N–H and O–H groups in total. The lowest BCUT2D eigenvalue weighted by molar-refractivity contribution is -0.129. The maximum atomic E-state index is 13.2. The lowest BCUT2D eigenvalue weighted by Crippen LogP contribution is -2.45.